The van der Waals surface area contributed by atoms with Crippen molar-refractivity contribution in [3.8, 4) is 6.07 Å². The highest BCUT2D eigenvalue weighted by molar-refractivity contribution is 5.32. The summed E-state index contributed by atoms with van der Waals surface area (Å²) in [5.74, 6) is 0. The van der Waals surface area contributed by atoms with E-state index in [1.165, 1.54) is 0 Å². The number of aliphatic hydroxyl groups is 1. The number of likely N-dealkylation sites (N-methyl/N-ethyl adjacent to an activating group) is 1. The van der Waals surface area contributed by atoms with Gasteiger partial charge in [-0.2, -0.15) is 5.26 Å². The summed E-state index contributed by atoms with van der Waals surface area (Å²) in [6, 6.07) is 9.28. The molecule has 4 heteroatoms. The largest absolute Gasteiger partial charge is 0.387 e. The molecule has 0 saturated carbocycles. The first kappa shape index (κ1) is 15.0. The lowest BCUT2D eigenvalue weighted by Gasteiger charge is -2.45. The highest BCUT2D eigenvalue weighted by Crippen LogP contribution is 2.22. The van der Waals surface area contributed by atoms with E-state index in [9.17, 15) is 5.11 Å². The first-order valence-electron chi connectivity index (χ1n) is 7.04. The van der Waals surface area contributed by atoms with E-state index in [1.807, 2.05) is 12.1 Å². The van der Waals surface area contributed by atoms with E-state index in [0.717, 1.165) is 25.2 Å². The average molecular weight is 273 g/mol. The highest BCUT2D eigenvalue weighted by Gasteiger charge is 2.31. The zero-order valence-electron chi connectivity index (χ0n) is 12.5. The molecule has 0 spiro atoms. The van der Waals surface area contributed by atoms with Crippen LogP contribution in [0, 0.1) is 11.3 Å². The van der Waals surface area contributed by atoms with Crippen LogP contribution < -0.4 is 0 Å². The van der Waals surface area contributed by atoms with E-state index in [1.54, 1.807) is 12.1 Å². The summed E-state index contributed by atoms with van der Waals surface area (Å²) >= 11 is 0. The zero-order valence-corrected chi connectivity index (χ0v) is 12.5. The molecule has 1 aromatic rings. The molecule has 1 fully saturated rings. The van der Waals surface area contributed by atoms with Crippen molar-refractivity contribution in [3.63, 3.8) is 0 Å². The Morgan fingerprint density at radius 3 is 2.50 bits per heavy atom. The minimum Gasteiger partial charge on any atom is -0.387 e. The van der Waals surface area contributed by atoms with Crippen molar-refractivity contribution in [2.75, 3.05) is 33.2 Å². The maximum atomic E-state index is 10.3. The lowest BCUT2D eigenvalue weighted by molar-refractivity contribution is 0.0142. The van der Waals surface area contributed by atoms with Crippen LogP contribution in [0.3, 0.4) is 0 Å². The Kier molecular flexibility index (Phi) is 4.44. The van der Waals surface area contributed by atoms with E-state index in [4.69, 9.17) is 5.26 Å². The number of rotatable bonds is 3. The van der Waals surface area contributed by atoms with Gasteiger partial charge in [0.15, 0.2) is 0 Å². The van der Waals surface area contributed by atoms with Crippen molar-refractivity contribution in [1.82, 2.24) is 9.80 Å². The van der Waals surface area contributed by atoms with Gasteiger partial charge in [0.1, 0.15) is 0 Å². The predicted octanol–water partition coefficient (Wildman–Crippen LogP) is 1.62. The predicted molar refractivity (Wildman–Crippen MR) is 79.3 cm³/mol. The van der Waals surface area contributed by atoms with Gasteiger partial charge in [0.25, 0.3) is 0 Å². The number of nitrogens with zero attached hydrogens (tertiary/aromatic N) is 3. The summed E-state index contributed by atoms with van der Waals surface area (Å²) < 4.78 is 0. The molecule has 4 nitrogen and oxygen atoms in total. The Balaban J connectivity index is 1.97. The first-order chi connectivity index (χ1) is 9.42. The molecule has 0 amide bonds. The van der Waals surface area contributed by atoms with Crippen LogP contribution in [0.15, 0.2) is 24.3 Å². The second-order valence-corrected chi connectivity index (χ2v) is 6.22. The van der Waals surface area contributed by atoms with Gasteiger partial charge in [-0.25, -0.2) is 0 Å². The topological polar surface area (TPSA) is 50.5 Å². The maximum Gasteiger partial charge on any atom is 0.0991 e. The lowest BCUT2D eigenvalue weighted by atomic mass is 9.98. The van der Waals surface area contributed by atoms with E-state index >= 15 is 0 Å². The molecule has 0 aliphatic carbocycles. The van der Waals surface area contributed by atoms with Crippen LogP contribution in [-0.4, -0.2) is 53.7 Å². The second kappa shape index (κ2) is 5.92. The van der Waals surface area contributed by atoms with Gasteiger partial charge in [0.05, 0.1) is 17.7 Å². The Hall–Kier alpha value is -1.41. The molecular weight excluding hydrogens is 250 g/mol. The van der Waals surface area contributed by atoms with Crippen molar-refractivity contribution in [2.24, 2.45) is 0 Å². The number of β-amino-alcohol motifs (C(OH)–C–C–N with tert-alkyl or cyclic N) is 1. The number of piperazine rings is 1. The Morgan fingerprint density at radius 1 is 1.30 bits per heavy atom. The summed E-state index contributed by atoms with van der Waals surface area (Å²) in [5, 5.41) is 19.1. The summed E-state index contributed by atoms with van der Waals surface area (Å²) in [6.07, 6.45) is -0.498. The van der Waals surface area contributed by atoms with Gasteiger partial charge in [-0.1, -0.05) is 12.1 Å². The van der Waals surface area contributed by atoms with Crippen molar-refractivity contribution in [2.45, 2.75) is 25.5 Å². The van der Waals surface area contributed by atoms with Crippen LogP contribution in [0.5, 0.6) is 0 Å². The van der Waals surface area contributed by atoms with Crippen LogP contribution in [0.25, 0.3) is 0 Å². The molecular formula is C16H23N3O. The van der Waals surface area contributed by atoms with Crippen molar-refractivity contribution in [3.05, 3.63) is 35.4 Å². The Labute approximate surface area is 121 Å². The SMILES string of the molecule is CN1CCN(CC(O)c2ccc(C#N)cc2)CC1(C)C. The monoisotopic (exact) mass is 273 g/mol. The molecule has 1 saturated heterocycles. The summed E-state index contributed by atoms with van der Waals surface area (Å²) in [5.41, 5.74) is 1.64. The Bertz CT molecular complexity index is 489. The fourth-order valence-corrected chi connectivity index (χ4v) is 2.63. The minimum absolute atomic E-state index is 0.142. The maximum absolute atomic E-state index is 10.3. The van der Waals surface area contributed by atoms with Gasteiger partial charge >= 0.3 is 0 Å². The van der Waals surface area contributed by atoms with Gasteiger partial charge in [0.2, 0.25) is 0 Å². The van der Waals surface area contributed by atoms with E-state index < -0.39 is 6.10 Å². The van der Waals surface area contributed by atoms with Crippen LogP contribution in [0.2, 0.25) is 0 Å². The van der Waals surface area contributed by atoms with Gasteiger partial charge in [-0.3, -0.25) is 9.80 Å². The normalized spacial score (nSPS) is 21.4. The number of benzene rings is 1. The molecule has 2 rings (SSSR count). The van der Waals surface area contributed by atoms with Crippen LogP contribution in [0.1, 0.15) is 31.1 Å². The van der Waals surface area contributed by atoms with Crippen LogP contribution in [-0.2, 0) is 0 Å². The molecule has 1 N–H and O–H groups in total. The third kappa shape index (κ3) is 3.37. The molecule has 1 heterocycles. The summed E-state index contributed by atoms with van der Waals surface area (Å²) in [7, 11) is 2.15. The number of nitriles is 1. The molecule has 1 aliphatic rings. The molecule has 0 bridgehead atoms. The first-order valence-corrected chi connectivity index (χ1v) is 7.04. The molecule has 1 unspecified atom stereocenters. The molecule has 20 heavy (non-hydrogen) atoms. The average Bonchev–Trinajstić information content (AvgIpc) is 2.42. The zero-order chi connectivity index (χ0) is 14.8. The molecule has 0 aromatic heterocycles. The van der Waals surface area contributed by atoms with Crippen LogP contribution >= 0.6 is 0 Å². The number of hydrogen-bond donors (Lipinski definition) is 1. The molecule has 108 valence electrons. The van der Waals surface area contributed by atoms with Crippen molar-refractivity contribution >= 4 is 0 Å². The molecule has 1 aromatic carbocycles. The molecule has 0 radical (unpaired) electrons. The summed E-state index contributed by atoms with van der Waals surface area (Å²) in [6.45, 7) is 8.06. The lowest BCUT2D eigenvalue weighted by Crippen LogP contribution is -2.58. The van der Waals surface area contributed by atoms with Crippen LogP contribution in [0.4, 0.5) is 0 Å². The molecule has 1 atom stereocenters. The van der Waals surface area contributed by atoms with Gasteiger partial charge in [-0.15, -0.1) is 0 Å². The fourth-order valence-electron chi connectivity index (χ4n) is 2.63. The standard InChI is InChI=1S/C16H23N3O/c1-16(2)12-19(9-8-18(16)3)11-15(20)14-6-4-13(10-17)5-7-14/h4-7,15,20H,8-9,11-12H2,1-3H3. The smallest absolute Gasteiger partial charge is 0.0991 e. The Morgan fingerprint density at radius 2 is 1.95 bits per heavy atom. The minimum atomic E-state index is -0.498. The van der Waals surface area contributed by atoms with E-state index in [0.29, 0.717) is 12.1 Å². The summed E-state index contributed by atoms with van der Waals surface area (Å²) in [4.78, 5) is 4.67. The number of hydrogen-bond acceptors (Lipinski definition) is 4. The quantitative estimate of drug-likeness (QED) is 0.909. The van der Waals surface area contributed by atoms with Gasteiger partial charge < -0.3 is 5.11 Å². The second-order valence-electron chi connectivity index (χ2n) is 6.22. The van der Waals surface area contributed by atoms with E-state index in [2.05, 4.69) is 36.8 Å². The van der Waals surface area contributed by atoms with Gasteiger partial charge in [-0.05, 0) is 38.6 Å². The third-order valence-corrected chi connectivity index (χ3v) is 4.25. The van der Waals surface area contributed by atoms with E-state index in [-0.39, 0.29) is 5.54 Å². The highest BCUT2D eigenvalue weighted by atomic mass is 16.3. The number of aliphatic hydroxyl groups excluding tert-OH is 1. The fraction of sp³-hybridized carbons (Fsp3) is 0.562. The van der Waals surface area contributed by atoms with Crippen molar-refractivity contribution < 1.29 is 5.11 Å². The third-order valence-electron chi connectivity index (χ3n) is 4.25. The van der Waals surface area contributed by atoms with Gasteiger partial charge in [0, 0.05) is 31.7 Å². The van der Waals surface area contributed by atoms with Crippen molar-refractivity contribution in [1.29, 1.82) is 5.26 Å². The molecule has 1 aliphatic heterocycles.